The number of aromatic nitrogens is 1. The summed E-state index contributed by atoms with van der Waals surface area (Å²) in [6, 6.07) is 5.52. The lowest BCUT2D eigenvalue weighted by Crippen LogP contribution is -2.38. The average molecular weight is 273 g/mol. The van der Waals surface area contributed by atoms with Crippen molar-refractivity contribution in [1.82, 2.24) is 5.16 Å². The van der Waals surface area contributed by atoms with Crippen LogP contribution in [0.2, 0.25) is 0 Å². The molecule has 5 heteroatoms. The summed E-state index contributed by atoms with van der Waals surface area (Å²) in [4.78, 5) is 24.3. The van der Waals surface area contributed by atoms with Crippen LogP contribution in [0.15, 0.2) is 28.8 Å². The van der Waals surface area contributed by atoms with Gasteiger partial charge in [-0.25, -0.2) is 4.39 Å². The molecule has 0 atom stereocenters. The fraction of sp³-hybridized carbons (Fsp3) is 0.267. The zero-order valence-electron chi connectivity index (χ0n) is 11.1. The number of carbonyl (C=O) groups excluding carboxylic acids is 2. The minimum Gasteiger partial charge on any atom is -0.355 e. The van der Waals surface area contributed by atoms with E-state index < -0.39 is 17.0 Å². The van der Waals surface area contributed by atoms with Gasteiger partial charge in [0.15, 0.2) is 5.76 Å². The monoisotopic (exact) mass is 273 g/mol. The number of hydrogen-bond acceptors (Lipinski definition) is 4. The van der Waals surface area contributed by atoms with Crippen molar-refractivity contribution in [3.8, 4) is 11.3 Å². The van der Waals surface area contributed by atoms with Crippen molar-refractivity contribution in [3.05, 3.63) is 41.3 Å². The number of fused-ring (bicyclic) bond motifs is 1. The van der Waals surface area contributed by atoms with Crippen LogP contribution in [0.3, 0.4) is 0 Å². The summed E-state index contributed by atoms with van der Waals surface area (Å²) in [5.74, 6) is -1.19. The molecular formula is C15H12FNO3. The summed E-state index contributed by atoms with van der Waals surface area (Å²) >= 11 is 0. The van der Waals surface area contributed by atoms with E-state index in [0.29, 0.717) is 17.7 Å². The Kier molecular flexibility index (Phi) is 2.61. The van der Waals surface area contributed by atoms with Gasteiger partial charge in [0.1, 0.15) is 5.82 Å². The predicted octanol–water partition coefficient (Wildman–Crippen LogP) is 2.81. The second-order valence-corrected chi connectivity index (χ2v) is 5.56. The Morgan fingerprint density at radius 2 is 1.85 bits per heavy atom. The van der Waals surface area contributed by atoms with Crippen LogP contribution < -0.4 is 0 Å². The molecule has 20 heavy (non-hydrogen) atoms. The Bertz CT molecular complexity index is 713. The lowest BCUT2D eigenvalue weighted by molar-refractivity contribution is -0.123. The highest BCUT2D eigenvalue weighted by Gasteiger charge is 2.43. The van der Waals surface area contributed by atoms with Crippen molar-refractivity contribution in [3.63, 3.8) is 0 Å². The van der Waals surface area contributed by atoms with E-state index in [1.165, 1.54) is 24.3 Å². The van der Waals surface area contributed by atoms with Gasteiger partial charge in [0, 0.05) is 17.4 Å². The van der Waals surface area contributed by atoms with Crippen molar-refractivity contribution in [1.29, 1.82) is 0 Å². The Balaban J connectivity index is 2.15. The molecule has 0 saturated heterocycles. The van der Waals surface area contributed by atoms with Gasteiger partial charge in [-0.2, -0.15) is 0 Å². The summed E-state index contributed by atoms with van der Waals surface area (Å²) in [5.41, 5.74) is 0.460. The smallest absolute Gasteiger partial charge is 0.235 e. The van der Waals surface area contributed by atoms with Gasteiger partial charge in [-0.1, -0.05) is 19.0 Å². The van der Waals surface area contributed by atoms with Gasteiger partial charge in [0.25, 0.3) is 0 Å². The normalized spacial score (nSPS) is 17.1. The summed E-state index contributed by atoms with van der Waals surface area (Å²) in [6.07, 6.45) is 0.359. The van der Waals surface area contributed by atoms with Gasteiger partial charge in [-0.05, 0) is 24.3 Å². The molecule has 3 rings (SSSR count). The van der Waals surface area contributed by atoms with Crippen LogP contribution in [0.25, 0.3) is 11.3 Å². The van der Waals surface area contributed by atoms with E-state index in [4.69, 9.17) is 4.52 Å². The maximum absolute atomic E-state index is 12.9. The Hall–Kier alpha value is -2.30. The van der Waals surface area contributed by atoms with Crippen molar-refractivity contribution in [2.24, 2.45) is 5.41 Å². The van der Waals surface area contributed by atoms with Crippen LogP contribution in [0.4, 0.5) is 4.39 Å². The molecule has 0 fully saturated rings. The van der Waals surface area contributed by atoms with Crippen LogP contribution >= 0.6 is 0 Å². The second-order valence-electron chi connectivity index (χ2n) is 5.56. The first kappa shape index (κ1) is 12.7. The summed E-state index contributed by atoms with van der Waals surface area (Å²) in [5, 5.41) is 3.89. The third kappa shape index (κ3) is 1.78. The maximum Gasteiger partial charge on any atom is 0.235 e. The number of Topliss-reactive ketones (excluding diaryl/α,β-unsaturated/α-hetero) is 2. The first-order valence-electron chi connectivity index (χ1n) is 6.24. The molecule has 2 aromatic rings. The molecule has 1 heterocycles. The summed E-state index contributed by atoms with van der Waals surface area (Å²) < 4.78 is 18.2. The first-order chi connectivity index (χ1) is 9.40. The standard InChI is InChI=1S/C15H12FNO3/c1-15(2)7-10-11(12(18)14(15)19)13(20-17-10)8-3-5-9(16)6-4-8/h3-6H,7H2,1-2H3. The van der Waals surface area contributed by atoms with Crippen LogP contribution in [0.1, 0.15) is 29.9 Å². The third-order valence-corrected chi connectivity index (χ3v) is 3.53. The molecule has 4 nitrogen and oxygen atoms in total. The zero-order chi connectivity index (χ0) is 14.5. The molecular weight excluding hydrogens is 261 g/mol. The molecule has 1 aliphatic rings. The fourth-order valence-electron chi connectivity index (χ4n) is 2.40. The highest BCUT2D eigenvalue weighted by molar-refractivity contribution is 6.47. The Morgan fingerprint density at radius 1 is 1.20 bits per heavy atom. The van der Waals surface area contributed by atoms with Gasteiger partial charge in [0.05, 0.1) is 11.3 Å². The van der Waals surface area contributed by atoms with Gasteiger partial charge in [-0.3, -0.25) is 9.59 Å². The van der Waals surface area contributed by atoms with E-state index >= 15 is 0 Å². The van der Waals surface area contributed by atoms with Crippen molar-refractivity contribution >= 4 is 11.6 Å². The molecule has 1 aromatic carbocycles. The van der Waals surface area contributed by atoms with Crippen molar-refractivity contribution in [2.45, 2.75) is 20.3 Å². The maximum atomic E-state index is 12.9. The van der Waals surface area contributed by atoms with Crippen LogP contribution in [-0.2, 0) is 11.2 Å². The number of carbonyl (C=O) groups is 2. The van der Waals surface area contributed by atoms with E-state index in [9.17, 15) is 14.0 Å². The number of benzene rings is 1. The number of rotatable bonds is 1. The zero-order valence-corrected chi connectivity index (χ0v) is 11.1. The quantitative estimate of drug-likeness (QED) is 0.749. The minimum absolute atomic E-state index is 0.209. The van der Waals surface area contributed by atoms with Crippen LogP contribution in [-0.4, -0.2) is 16.7 Å². The number of halogens is 1. The number of hydrogen-bond donors (Lipinski definition) is 0. The van der Waals surface area contributed by atoms with Crippen LogP contribution in [0, 0.1) is 11.2 Å². The number of nitrogens with zero attached hydrogens (tertiary/aromatic N) is 1. The third-order valence-electron chi connectivity index (χ3n) is 3.53. The molecule has 0 saturated carbocycles. The minimum atomic E-state index is -0.763. The van der Waals surface area contributed by atoms with Crippen molar-refractivity contribution < 1.29 is 18.5 Å². The second kappa shape index (κ2) is 4.10. The van der Waals surface area contributed by atoms with Gasteiger partial charge >= 0.3 is 0 Å². The molecule has 1 aliphatic carbocycles. The molecule has 0 aliphatic heterocycles. The molecule has 0 bridgehead atoms. The molecule has 0 spiro atoms. The SMILES string of the molecule is CC1(C)Cc2noc(-c3ccc(F)cc3)c2C(=O)C1=O. The molecule has 1 aromatic heterocycles. The fourth-order valence-corrected chi connectivity index (χ4v) is 2.40. The lowest BCUT2D eigenvalue weighted by Gasteiger charge is -2.25. The molecule has 0 unspecified atom stereocenters. The predicted molar refractivity (Wildman–Crippen MR) is 68.7 cm³/mol. The van der Waals surface area contributed by atoms with E-state index in [1.807, 2.05) is 0 Å². The van der Waals surface area contributed by atoms with Gasteiger partial charge in [0.2, 0.25) is 11.6 Å². The van der Waals surface area contributed by atoms with Gasteiger partial charge < -0.3 is 4.52 Å². The van der Waals surface area contributed by atoms with Crippen molar-refractivity contribution in [2.75, 3.05) is 0 Å². The van der Waals surface area contributed by atoms with E-state index in [0.717, 1.165) is 0 Å². The molecule has 0 amide bonds. The van der Waals surface area contributed by atoms with E-state index in [1.54, 1.807) is 13.8 Å². The highest BCUT2D eigenvalue weighted by atomic mass is 19.1. The average Bonchev–Trinajstić information content (AvgIpc) is 2.80. The summed E-state index contributed by atoms with van der Waals surface area (Å²) in [7, 11) is 0. The van der Waals surface area contributed by atoms with E-state index in [-0.39, 0.29) is 17.1 Å². The Morgan fingerprint density at radius 3 is 2.50 bits per heavy atom. The van der Waals surface area contributed by atoms with Gasteiger partial charge in [-0.15, -0.1) is 0 Å². The lowest BCUT2D eigenvalue weighted by atomic mass is 9.74. The molecule has 0 radical (unpaired) electrons. The van der Waals surface area contributed by atoms with Crippen LogP contribution in [0.5, 0.6) is 0 Å². The Labute approximate surface area is 114 Å². The summed E-state index contributed by atoms with van der Waals surface area (Å²) in [6.45, 7) is 3.42. The largest absolute Gasteiger partial charge is 0.355 e. The molecule has 102 valence electrons. The topological polar surface area (TPSA) is 60.2 Å². The molecule has 0 N–H and O–H groups in total. The number of ketones is 2. The van der Waals surface area contributed by atoms with E-state index in [2.05, 4.69) is 5.16 Å². The first-order valence-corrected chi connectivity index (χ1v) is 6.24. The highest BCUT2D eigenvalue weighted by Crippen LogP contribution is 2.36.